The molecule has 9 nitrogen and oxygen atoms in total. The van der Waals surface area contributed by atoms with Crippen LogP contribution in [0, 0.1) is 0 Å². The van der Waals surface area contributed by atoms with Crippen LogP contribution in [0.25, 0.3) is 11.4 Å². The monoisotopic (exact) mass is 414 g/mol. The van der Waals surface area contributed by atoms with Crippen molar-refractivity contribution in [3.05, 3.63) is 95.3 Å². The number of pyridine rings is 1. The second-order valence-electron chi connectivity index (χ2n) is 6.76. The quantitative estimate of drug-likeness (QED) is 0.476. The van der Waals surface area contributed by atoms with E-state index in [-0.39, 0.29) is 11.5 Å². The van der Waals surface area contributed by atoms with Crippen LogP contribution in [-0.4, -0.2) is 42.2 Å². The van der Waals surface area contributed by atoms with Crippen molar-refractivity contribution in [2.75, 3.05) is 0 Å². The van der Waals surface area contributed by atoms with Gasteiger partial charge in [0.05, 0.1) is 12.1 Å². The Bertz CT molecular complexity index is 1210. The lowest BCUT2D eigenvalue weighted by Crippen LogP contribution is -2.22. The lowest BCUT2D eigenvalue weighted by atomic mass is 10.1. The molecule has 0 atom stereocenters. The summed E-state index contributed by atoms with van der Waals surface area (Å²) in [4.78, 5) is 28.8. The minimum Gasteiger partial charge on any atom is -0.478 e. The molecule has 4 aromatic rings. The molecule has 0 fully saturated rings. The maximum Gasteiger partial charge on any atom is 0.335 e. The molecule has 0 saturated heterocycles. The second kappa shape index (κ2) is 8.95. The average Bonchev–Trinajstić information content (AvgIpc) is 3.27. The normalized spacial score (nSPS) is 10.6. The molecule has 1 amide bonds. The van der Waals surface area contributed by atoms with Gasteiger partial charge in [-0.05, 0) is 52.7 Å². The number of amides is 1. The second-order valence-corrected chi connectivity index (χ2v) is 6.76. The number of rotatable bonds is 7. The highest BCUT2D eigenvalue weighted by atomic mass is 16.4. The largest absolute Gasteiger partial charge is 0.478 e. The minimum atomic E-state index is -0.975. The summed E-state index contributed by atoms with van der Waals surface area (Å²) in [7, 11) is 0. The summed E-state index contributed by atoms with van der Waals surface area (Å²) in [6.07, 6.45) is 3.36. The number of carbonyl (C=O) groups excluding carboxylic acids is 1. The molecule has 0 aliphatic carbocycles. The van der Waals surface area contributed by atoms with Gasteiger partial charge >= 0.3 is 5.97 Å². The fourth-order valence-corrected chi connectivity index (χ4v) is 2.93. The van der Waals surface area contributed by atoms with Gasteiger partial charge in [0.15, 0.2) is 0 Å². The summed E-state index contributed by atoms with van der Waals surface area (Å²) < 4.78 is 0. The van der Waals surface area contributed by atoms with Crippen LogP contribution in [0.3, 0.4) is 0 Å². The third-order valence-electron chi connectivity index (χ3n) is 4.56. The van der Waals surface area contributed by atoms with Crippen LogP contribution in [0.15, 0.2) is 73.1 Å². The Morgan fingerprint density at radius 2 is 1.71 bits per heavy atom. The lowest BCUT2D eigenvalue weighted by molar-refractivity contribution is 0.0696. The molecule has 2 aromatic carbocycles. The first kappa shape index (κ1) is 19.9. The standard InChI is InChI=1S/C22H18N6O3/c29-21(24-13-15-8-10-23-11-9-15)19-3-1-2-18(12-19)20-25-27-28(26-20)14-16-4-6-17(7-5-16)22(30)31/h1-12H,13-14H2,(H,24,29)(H,30,31). The molecule has 0 unspecified atom stereocenters. The molecular weight excluding hydrogens is 396 g/mol. The molecule has 2 N–H and O–H groups in total. The first-order chi connectivity index (χ1) is 15.1. The molecule has 154 valence electrons. The fraction of sp³-hybridized carbons (Fsp3) is 0.0909. The number of aromatic carboxylic acids is 1. The molecule has 0 spiro atoms. The Kier molecular flexibility index (Phi) is 5.75. The topological polar surface area (TPSA) is 123 Å². The number of hydrogen-bond donors (Lipinski definition) is 2. The van der Waals surface area contributed by atoms with E-state index in [9.17, 15) is 9.59 Å². The molecule has 2 aromatic heterocycles. The molecule has 0 radical (unpaired) electrons. The van der Waals surface area contributed by atoms with Gasteiger partial charge in [0, 0.05) is 30.1 Å². The van der Waals surface area contributed by atoms with Crippen LogP contribution in [0.5, 0.6) is 0 Å². The van der Waals surface area contributed by atoms with Crippen molar-refractivity contribution in [2.24, 2.45) is 0 Å². The van der Waals surface area contributed by atoms with E-state index in [0.717, 1.165) is 11.1 Å². The van der Waals surface area contributed by atoms with Gasteiger partial charge < -0.3 is 10.4 Å². The molecule has 4 rings (SSSR count). The number of carboxylic acids is 1. The zero-order valence-corrected chi connectivity index (χ0v) is 16.3. The van der Waals surface area contributed by atoms with Gasteiger partial charge in [-0.25, -0.2) is 4.79 Å². The Morgan fingerprint density at radius 1 is 0.935 bits per heavy atom. The summed E-state index contributed by atoms with van der Waals surface area (Å²) in [5.74, 6) is -0.784. The lowest BCUT2D eigenvalue weighted by Gasteiger charge is -2.06. The molecular formula is C22H18N6O3. The number of hydrogen-bond acceptors (Lipinski definition) is 6. The number of nitrogens with one attached hydrogen (secondary N) is 1. The summed E-state index contributed by atoms with van der Waals surface area (Å²) in [6.45, 7) is 0.750. The third kappa shape index (κ3) is 4.96. The van der Waals surface area contributed by atoms with E-state index >= 15 is 0 Å². The van der Waals surface area contributed by atoms with Crippen LogP contribution in [0.1, 0.15) is 31.8 Å². The van der Waals surface area contributed by atoms with Gasteiger partial charge in [0.25, 0.3) is 5.91 Å². The van der Waals surface area contributed by atoms with Gasteiger partial charge in [-0.3, -0.25) is 9.78 Å². The van der Waals surface area contributed by atoms with E-state index in [2.05, 4.69) is 25.7 Å². The molecule has 31 heavy (non-hydrogen) atoms. The van der Waals surface area contributed by atoms with Crippen LogP contribution in [-0.2, 0) is 13.1 Å². The Labute approximate surface area is 177 Å². The number of nitrogens with zero attached hydrogens (tertiary/aromatic N) is 5. The van der Waals surface area contributed by atoms with Crippen LogP contribution in [0.4, 0.5) is 0 Å². The summed E-state index contributed by atoms with van der Waals surface area (Å²) in [5.41, 5.74) is 3.19. The van der Waals surface area contributed by atoms with Gasteiger partial charge in [0.2, 0.25) is 5.82 Å². The number of carbonyl (C=O) groups is 2. The average molecular weight is 414 g/mol. The molecule has 2 heterocycles. The highest BCUT2D eigenvalue weighted by Crippen LogP contribution is 2.16. The SMILES string of the molecule is O=C(O)c1ccc(Cn2nnc(-c3cccc(C(=O)NCc4ccncc4)c3)n2)cc1. The number of aromatic nitrogens is 5. The maximum absolute atomic E-state index is 12.5. The molecule has 0 saturated carbocycles. The molecule has 0 aliphatic rings. The molecule has 0 aliphatic heterocycles. The summed E-state index contributed by atoms with van der Waals surface area (Å²) in [5, 5.41) is 24.3. The van der Waals surface area contributed by atoms with E-state index < -0.39 is 5.97 Å². The highest BCUT2D eigenvalue weighted by molar-refractivity contribution is 5.95. The number of benzene rings is 2. The van der Waals surface area contributed by atoms with Crippen LogP contribution < -0.4 is 5.32 Å². The van der Waals surface area contributed by atoms with E-state index in [4.69, 9.17) is 5.11 Å². The van der Waals surface area contributed by atoms with Crippen molar-refractivity contribution in [1.82, 2.24) is 30.5 Å². The third-order valence-corrected chi connectivity index (χ3v) is 4.56. The Balaban J connectivity index is 1.43. The smallest absolute Gasteiger partial charge is 0.335 e. The Morgan fingerprint density at radius 3 is 2.45 bits per heavy atom. The highest BCUT2D eigenvalue weighted by Gasteiger charge is 2.11. The van der Waals surface area contributed by atoms with E-state index in [1.807, 2.05) is 18.2 Å². The van der Waals surface area contributed by atoms with E-state index in [1.165, 1.54) is 16.9 Å². The Hall–Kier alpha value is -4.40. The van der Waals surface area contributed by atoms with Gasteiger partial charge in [0.1, 0.15) is 0 Å². The molecule has 9 heteroatoms. The number of tetrazole rings is 1. The predicted octanol–water partition coefficient (Wildman–Crippen LogP) is 2.41. The van der Waals surface area contributed by atoms with Crippen molar-refractivity contribution in [3.8, 4) is 11.4 Å². The fourth-order valence-electron chi connectivity index (χ4n) is 2.93. The van der Waals surface area contributed by atoms with Crippen LogP contribution >= 0.6 is 0 Å². The van der Waals surface area contributed by atoms with Crippen LogP contribution in [0.2, 0.25) is 0 Å². The number of carboxylic acid groups (broad SMARTS) is 1. The van der Waals surface area contributed by atoms with Gasteiger partial charge in [-0.15, -0.1) is 10.2 Å². The minimum absolute atomic E-state index is 0.204. The van der Waals surface area contributed by atoms with E-state index in [1.54, 1.807) is 42.7 Å². The van der Waals surface area contributed by atoms with Crippen molar-refractivity contribution in [3.63, 3.8) is 0 Å². The summed E-state index contributed by atoms with van der Waals surface area (Å²) in [6, 6.07) is 17.2. The van der Waals surface area contributed by atoms with E-state index in [0.29, 0.717) is 30.0 Å². The van der Waals surface area contributed by atoms with Gasteiger partial charge in [-0.1, -0.05) is 24.3 Å². The molecule has 0 bridgehead atoms. The zero-order valence-electron chi connectivity index (χ0n) is 16.3. The van der Waals surface area contributed by atoms with Crippen molar-refractivity contribution >= 4 is 11.9 Å². The first-order valence-corrected chi connectivity index (χ1v) is 9.46. The zero-order chi connectivity index (χ0) is 21.6. The maximum atomic E-state index is 12.5. The van der Waals surface area contributed by atoms with Crippen molar-refractivity contribution in [2.45, 2.75) is 13.1 Å². The van der Waals surface area contributed by atoms with Crippen molar-refractivity contribution in [1.29, 1.82) is 0 Å². The first-order valence-electron chi connectivity index (χ1n) is 9.46. The predicted molar refractivity (Wildman–Crippen MR) is 111 cm³/mol. The summed E-state index contributed by atoms with van der Waals surface area (Å²) >= 11 is 0. The van der Waals surface area contributed by atoms with Gasteiger partial charge in [-0.2, -0.15) is 4.80 Å². The van der Waals surface area contributed by atoms with Crippen molar-refractivity contribution < 1.29 is 14.7 Å².